The van der Waals surface area contributed by atoms with Crippen LogP contribution >= 0.6 is 0 Å². The number of carbonyl (C=O) groups excluding carboxylic acids is 1. The Morgan fingerprint density at radius 1 is 1.50 bits per heavy atom. The van der Waals surface area contributed by atoms with Gasteiger partial charge in [0.1, 0.15) is 17.9 Å². The smallest absolute Gasteiger partial charge is 0.248 e. The summed E-state index contributed by atoms with van der Waals surface area (Å²) in [7, 11) is 0. The van der Waals surface area contributed by atoms with Crippen LogP contribution in [0.25, 0.3) is 11.0 Å². The summed E-state index contributed by atoms with van der Waals surface area (Å²) in [5.41, 5.74) is 8.62. The van der Waals surface area contributed by atoms with Gasteiger partial charge in [-0.3, -0.25) is 9.48 Å². The summed E-state index contributed by atoms with van der Waals surface area (Å²) in [4.78, 5) is 16.4. The van der Waals surface area contributed by atoms with E-state index in [1.165, 1.54) is 0 Å². The molecule has 3 aromatic rings. The molecule has 4 rings (SSSR count). The van der Waals surface area contributed by atoms with Crippen LogP contribution in [0.3, 0.4) is 0 Å². The molecule has 1 aliphatic rings. The molecule has 2 aromatic heterocycles. The van der Waals surface area contributed by atoms with E-state index in [1.807, 2.05) is 23.6 Å². The van der Waals surface area contributed by atoms with Gasteiger partial charge in [0.15, 0.2) is 6.23 Å². The SMILES string of the molecule is C=CC[C@H]1COc2cc(C(N)=O)cc3nc(NC(O)c4cc(C)nn4CCC)n1c23. The van der Waals surface area contributed by atoms with Crippen molar-refractivity contribution in [3.05, 3.63) is 47.8 Å². The molecular weight excluding hydrogens is 384 g/mol. The summed E-state index contributed by atoms with van der Waals surface area (Å²) < 4.78 is 9.68. The molecule has 0 saturated heterocycles. The minimum atomic E-state index is -1.00. The lowest BCUT2D eigenvalue weighted by atomic mass is 10.1. The fraction of sp³-hybridized carbons (Fsp3) is 0.381. The third-order valence-corrected chi connectivity index (χ3v) is 5.18. The molecule has 4 N–H and O–H groups in total. The average molecular weight is 410 g/mol. The van der Waals surface area contributed by atoms with Crippen molar-refractivity contribution < 1.29 is 14.6 Å². The first kappa shape index (κ1) is 20.0. The van der Waals surface area contributed by atoms with Crippen LogP contribution in [-0.2, 0) is 6.54 Å². The molecule has 9 heteroatoms. The maximum atomic E-state index is 11.7. The molecule has 1 aromatic carbocycles. The highest BCUT2D eigenvalue weighted by atomic mass is 16.5. The Morgan fingerprint density at radius 3 is 3.00 bits per heavy atom. The van der Waals surface area contributed by atoms with Crippen molar-refractivity contribution in [3.63, 3.8) is 0 Å². The molecule has 0 radical (unpaired) electrons. The number of imidazole rings is 1. The van der Waals surface area contributed by atoms with Crippen LogP contribution in [0, 0.1) is 6.92 Å². The lowest BCUT2D eigenvalue weighted by Gasteiger charge is -2.27. The minimum absolute atomic E-state index is 0.0450. The molecule has 0 spiro atoms. The van der Waals surface area contributed by atoms with E-state index in [0.717, 1.165) is 17.6 Å². The first-order chi connectivity index (χ1) is 14.4. The molecule has 1 amide bonds. The fourth-order valence-corrected chi connectivity index (χ4v) is 3.90. The van der Waals surface area contributed by atoms with Gasteiger partial charge in [0.2, 0.25) is 11.9 Å². The number of nitrogens with one attached hydrogen (secondary N) is 1. The van der Waals surface area contributed by atoms with Crippen LogP contribution < -0.4 is 15.8 Å². The molecular formula is C21H26N6O3. The van der Waals surface area contributed by atoms with Crippen molar-refractivity contribution in [1.29, 1.82) is 0 Å². The van der Waals surface area contributed by atoms with Gasteiger partial charge in [0.05, 0.1) is 22.9 Å². The zero-order valence-electron chi connectivity index (χ0n) is 17.1. The molecule has 2 atom stereocenters. The maximum absolute atomic E-state index is 11.7. The molecule has 0 bridgehead atoms. The van der Waals surface area contributed by atoms with E-state index in [2.05, 4.69) is 28.9 Å². The van der Waals surface area contributed by atoms with E-state index in [9.17, 15) is 9.90 Å². The minimum Gasteiger partial charge on any atom is -0.489 e. The molecule has 1 aliphatic heterocycles. The number of aliphatic hydroxyl groups excluding tert-OH is 1. The number of nitrogens with two attached hydrogens (primary N) is 1. The molecule has 30 heavy (non-hydrogen) atoms. The quantitative estimate of drug-likeness (QED) is 0.388. The average Bonchev–Trinajstić information content (AvgIpc) is 3.25. The number of hydrogen-bond donors (Lipinski definition) is 3. The van der Waals surface area contributed by atoms with Crippen molar-refractivity contribution in [3.8, 4) is 5.75 Å². The Labute approximate surface area is 174 Å². The van der Waals surface area contributed by atoms with Crippen LogP contribution in [0.1, 0.15) is 53.8 Å². The molecule has 158 valence electrons. The van der Waals surface area contributed by atoms with Crippen molar-refractivity contribution >= 4 is 22.9 Å². The second kappa shape index (κ2) is 7.83. The van der Waals surface area contributed by atoms with Crippen molar-refractivity contribution in [2.45, 2.75) is 45.5 Å². The molecule has 0 fully saturated rings. The zero-order valence-corrected chi connectivity index (χ0v) is 17.1. The molecule has 3 heterocycles. The maximum Gasteiger partial charge on any atom is 0.248 e. The third-order valence-electron chi connectivity index (χ3n) is 5.18. The second-order valence-electron chi connectivity index (χ2n) is 7.48. The molecule has 0 aliphatic carbocycles. The predicted molar refractivity (Wildman–Crippen MR) is 113 cm³/mol. The third kappa shape index (κ3) is 3.41. The van der Waals surface area contributed by atoms with Gasteiger partial charge in [-0.2, -0.15) is 5.10 Å². The van der Waals surface area contributed by atoms with Crippen molar-refractivity contribution in [2.24, 2.45) is 5.73 Å². The lowest BCUT2D eigenvalue weighted by Crippen LogP contribution is -2.25. The standard InChI is InChI=1S/C21H26N6O3/c1-4-6-14-11-30-17-10-13(19(22)28)9-15-18(17)27(14)21(23-15)24-20(29)16-8-12(3)25-26(16)7-5-2/h4,8-10,14,20,29H,1,5-7,11H2,2-3H3,(H2,22,28)(H,23,24)/t14-,20?/m0/s1. The molecule has 1 unspecified atom stereocenters. The number of allylic oxidation sites excluding steroid dienone is 1. The fourth-order valence-electron chi connectivity index (χ4n) is 3.90. The first-order valence-electron chi connectivity index (χ1n) is 10.0. The van der Waals surface area contributed by atoms with Gasteiger partial charge in [-0.1, -0.05) is 13.0 Å². The predicted octanol–water partition coefficient (Wildman–Crippen LogP) is 2.66. The van der Waals surface area contributed by atoms with E-state index >= 15 is 0 Å². The normalized spacial score (nSPS) is 16.3. The van der Waals surface area contributed by atoms with E-state index < -0.39 is 12.1 Å². The summed E-state index contributed by atoms with van der Waals surface area (Å²) in [6.07, 6.45) is 2.39. The van der Waals surface area contributed by atoms with Crippen LogP contribution in [0.5, 0.6) is 5.75 Å². The molecule has 0 saturated carbocycles. The van der Waals surface area contributed by atoms with E-state index in [4.69, 9.17) is 10.5 Å². The number of ether oxygens (including phenoxy) is 1. The van der Waals surface area contributed by atoms with Gasteiger partial charge in [0, 0.05) is 12.1 Å². The number of amides is 1. The van der Waals surface area contributed by atoms with Gasteiger partial charge >= 0.3 is 0 Å². The number of rotatable bonds is 8. The Bertz CT molecular complexity index is 1120. The van der Waals surface area contributed by atoms with E-state index in [0.29, 0.717) is 48.0 Å². The topological polar surface area (TPSA) is 120 Å². The summed E-state index contributed by atoms with van der Waals surface area (Å²) in [5.74, 6) is 0.481. The monoisotopic (exact) mass is 410 g/mol. The van der Waals surface area contributed by atoms with Gasteiger partial charge in [-0.25, -0.2) is 4.98 Å². The number of aliphatic hydroxyl groups is 1. The summed E-state index contributed by atoms with van der Waals surface area (Å²) >= 11 is 0. The number of aryl methyl sites for hydroxylation is 2. The van der Waals surface area contributed by atoms with Crippen molar-refractivity contribution in [2.75, 3.05) is 11.9 Å². The van der Waals surface area contributed by atoms with Crippen LogP contribution in [-0.4, -0.2) is 37.0 Å². The number of nitrogens with zero attached hydrogens (tertiary/aromatic N) is 4. The Balaban J connectivity index is 1.79. The highest BCUT2D eigenvalue weighted by molar-refractivity contribution is 5.99. The number of carbonyl (C=O) groups is 1. The van der Waals surface area contributed by atoms with Gasteiger partial charge in [-0.05, 0) is 38.0 Å². The van der Waals surface area contributed by atoms with Gasteiger partial charge in [-0.15, -0.1) is 6.58 Å². The Morgan fingerprint density at radius 2 is 2.30 bits per heavy atom. The highest BCUT2D eigenvalue weighted by Gasteiger charge is 2.29. The number of aromatic nitrogens is 4. The van der Waals surface area contributed by atoms with Gasteiger partial charge in [0.25, 0.3) is 0 Å². The van der Waals surface area contributed by atoms with Gasteiger partial charge < -0.3 is 25.5 Å². The van der Waals surface area contributed by atoms with Crippen molar-refractivity contribution in [1.82, 2.24) is 19.3 Å². The second-order valence-corrected chi connectivity index (χ2v) is 7.48. The summed E-state index contributed by atoms with van der Waals surface area (Å²) in [6.45, 7) is 8.89. The Hall–Kier alpha value is -3.33. The zero-order chi connectivity index (χ0) is 21.4. The van der Waals surface area contributed by atoms with Crippen LogP contribution in [0.4, 0.5) is 5.95 Å². The Kier molecular flexibility index (Phi) is 5.21. The highest BCUT2D eigenvalue weighted by Crippen LogP contribution is 2.38. The number of benzene rings is 1. The molecule has 9 nitrogen and oxygen atoms in total. The first-order valence-corrected chi connectivity index (χ1v) is 10.0. The van der Waals surface area contributed by atoms with E-state index in [-0.39, 0.29) is 6.04 Å². The van der Waals surface area contributed by atoms with Crippen LogP contribution in [0.2, 0.25) is 0 Å². The van der Waals surface area contributed by atoms with E-state index in [1.54, 1.807) is 16.8 Å². The largest absolute Gasteiger partial charge is 0.489 e. The summed E-state index contributed by atoms with van der Waals surface area (Å²) in [5, 5.41) is 18.5. The van der Waals surface area contributed by atoms with Crippen LogP contribution in [0.15, 0.2) is 30.9 Å². The number of primary amides is 1. The lowest BCUT2D eigenvalue weighted by molar-refractivity contribution is 0.1000. The summed E-state index contributed by atoms with van der Waals surface area (Å²) in [6, 6.07) is 5.08. The number of hydrogen-bond acceptors (Lipinski definition) is 6. The number of anilines is 1.